The highest BCUT2D eigenvalue weighted by atomic mass is 127. The number of carbonyl (C=O) groups is 5. The number of Topliss-reactive ketones (excluding diaryl/α,β-unsaturated/α-hetero) is 1. The maximum Gasteiger partial charge on any atom is 0.315 e. The molecule has 0 aromatic heterocycles. The number of urea groups is 1. The van der Waals surface area contributed by atoms with E-state index >= 15 is 4.79 Å². The number of sulfone groups is 1. The van der Waals surface area contributed by atoms with Crippen molar-refractivity contribution in [2.75, 3.05) is 18.8 Å². The van der Waals surface area contributed by atoms with Crippen LogP contribution >= 0.6 is 22.6 Å². The van der Waals surface area contributed by atoms with Crippen LogP contribution in [0.15, 0.2) is 12.7 Å². The number of hydrogen-bond acceptors (Lipinski definition) is 7. The second-order valence-corrected chi connectivity index (χ2v) is 21.5. The van der Waals surface area contributed by atoms with Gasteiger partial charge in [0.1, 0.15) is 6.04 Å². The minimum Gasteiger partial charge on any atom is -0.346 e. The number of carbonyl (C=O) groups excluding carboxylic acids is 5. The number of alkyl halides is 1. The lowest BCUT2D eigenvalue weighted by atomic mass is 9.82. The van der Waals surface area contributed by atoms with Gasteiger partial charge in [0.05, 0.1) is 22.1 Å². The number of fused-ring (bicyclic) bond motifs is 1. The molecule has 310 valence electrons. The maximum atomic E-state index is 15.1. The van der Waals surface area contributed by atoms with E-state index in [4.69, 9.17) is 6.42 Å². The molecule has 14 heteroatoms. The summed E-state index contributed by atoms with van der Waals surface area (Å²) < 4.78 is 24.9. The van der Waals surface area contributed by atoms with Crippen molar-refractivity contribution in [2.45, 2.75) is 151 Å². The number of rotatable bonds is 18. The zero-order valence-electron chi connectivity index (χ0n) is 33.9. The minimum absolute atomic E-state index is 0.0319. The van der Waals surface area contributed by atoms with Crippen molar-refractivity contribution in [3.05, 3.63) is 12.7 Å². The van der Waals surface area contributed by atoms with Gasteiger partial charge in [-0.05, 0) is 105 Å². The average Bonchev–Trinajstić information content (AvgIpc) is 3.56. The van der Waals surface area contributed by atoms with Gasteiger partial charge in [0.15, 0.2) is 13.9 Å². The summed E-state index contributed by atoms with van der Waals surface area (Å²) in [4.78, 5) is 70.5. The predicted molar refractivity (Wildman–Crippen MR) is 225 cm³/mol. The number of terminal acetylenes is 1. The number of ketones is 1. The van der Waals surface area contributed by atoms with E-state index in [1.807, 2.05) is 43.4 Å². The summed E-state index contributed by atoms with van der Waals surface area (Å²) in [5.74, 6) is 0.316. The molecule has 55 heavy (non-hydrogen) atoms. The van der Waals surface area contributed by atoms with Crippen molar-refractivity contribution in [2.24, 2.45) is 29.6 Å². The standard InChI is InChI=1S/C41H66IN5O7S/c1-9-11-19-32(34(48)36(49)43-22-10-2)44-37(50)35(42)47(25-28(5)27(3)4)38(51)33(31-23-29-17-13-14-18-30(29)24-31)45-39(52)46-41(20-15-12-16-21-41)26-55(53,54)40(6,7)8/h1,10,27-33,35H,2,11-26H2,3-8H3,(H,43,49)(H,44,50)(H2,45,46,52)/t28-,29?,30?,31?,32?,33+,35-/m1/s1. The lowest BCUT2D eigenvalue weighted by Crippen LogP contribution is -2.63. The molecule has 0 bridgehead atoms. The molecular weight excluding hydrogens is 833 g/mol. The molecule has 0 spiro atoms. The van der Waals surface area contributed by atoms with Gasteiger partial charge < -0.3 is 26.2 Å². The Morgan fingerprint density at radius 1 is 0.982 bits per heavy atom. The van der Waals surface area contributed by atoms with Crippen molar-refractivity contribution in [3.63, 3.8) is 0 Å². The van der Waals surface area contributed by atoms with Crippen LogP contribution in [-0.4, -0.2) is 88.1 Å². The van der Waals surface area contributed by atoms with Crippen molar-refractivity contribution in [1.82, 2.24) is 26.2 Å². The van der Waals surface area contributed by atoms with Crippen molar-refractivity contribution >= 4 is 62.0 Å². The molecule has 3 rings (SSSR count). The fourth-order valence-electron chi connectivity index (χ4n) is 8.25. The Balaban J connectivity index is 1.98. The third-order valence-corrected chi connectivity index (χ3v) is 16.2. The van der Waals surface area contributed by atoms with Crippen LogP contribution in [0.5, 0.6) is 0 Å². The van der Waals surface area contributed by atoms with E-state index in [0.29, 0.717) is 24.7 Å². The third kappa shape index (κ3) is 12.9. The number of nitrogens with zero attached hydrogens (tertiary/aromatic N) is 1. The molecular formula is C41H66IN5O7S. The Kier molecular flexibility index (Phi) is 17.5. The summed E-state index contributed by atoms with van der Waals surface area (Å²) >= 11 is 1.90. The van der Waals surface area contributed by atoms with E-state index in [1.165, 1.54) is 11.0 Å². The fraction of sp³-hybridized carbons (Fsp3) is 0.780. The van der Waals surface area contributed by atoms with Crippen LogP contribution in [0.2, 0.25) is 0 Å². The van der Waals surface area contributed by atoms with Gasteiger partial charge in [-0.2, -0.15) is 0 Å². The lowest BCUT2D eigenvalue weighted by Gasteiger charge is -2.40. The molecule has 5 amide bonds. The number of hydrogen-bond donors (Lipinski definition) is 4. The molecule has 0 radical (unpaired) electrons. The lowest BCUT2D eigenvalue weighted by molar-refractivity contribution is -0.142. The summed E-state index contributed by atoms with van der Waals surface area (Å²) in [6.07, 6.45) is 16.5. The molecule has 3 unspecified atom stereocenters. The molecule has 0 saturated heterocycles. The first kappa shape index (κ1) is 46.7. The van der Waals surface area contributed by atoms with Crippen LogP contribution in [0.3, 0.4) is 0 Å². The molecule has 12 nitrogen and oxygen atoms in total. The first-order valence-electron chi connectivity index (χ1n) is 20.2. The van der Waals surface area contributed by atoms with Crippen molar-refractivity contribution < 1.29 is 32.4 Å². The highest BCUT2D eigenvalue weighted by molar-refractivity contribution is 14.1. The molecule has 3 saturated carbocycles. The Morgan fingerprint density at radius 2 is 1.58 bits per heavy atom. The molecule has 0 aliphatic heterocycles. The van der Waals surface area contributed by atoms with Gasteiger partial charge in [0.2, 0.25) is 11.7 Å². The Bertz CT molecular complexity index is 1520. The second kappa shape index (κ2) is 20.7. The predicted octanol–water partition coefficient (Wildman–Crippen LogP) is 5.44. The van der Waals surface area contributed by atoms with E-state index < -0.39 is 65.8 Å². The van der Waals surface area contributed by atoms with Gasteiger partial charge in [-0.15, -0.1) is 18.9 Å². The van der Waals surface area contributed by atoms with Crippen molar-refractivity contribution in [1.29, 1.82) is 0 Å². The summed E-state index contributed by atoms with van der Waals surface area (Å²) in [7, 11) is -3.59. The van der Waals surface area contributed by atoms with E-state index in [9.17, 15) is 27.6 Å². The topological polar surface area (TPSA) is 171 Å². The normalized spacial score (nSPS) is 23.1. The SMILES string of the molecule is C#CCCC(NC(=O)[C@H](I)N(C[C@@H](C)C(C)C)C(=O)[C@@H](NC(=O)NC1(CS(=O)(=O)C(C)(C)C)CCCCC1)C1CC2CCCCC2C1)C(=O)C(=O)NCC=C. The highest BCUT2D eigenvalue weighted by Crippen LogP contribution is 2.46. The molecule has 3 fully saturated rings. The first-order chi connectivity index (χ1) is 25.8. The largest absolute Gasteiger partial charge is 0.346 e. The van der Waals surface area contributed by atoms with E-state index in [2.05, 4.69) is 33.8 Å². The van der Waals surface area contributed by atoms with E-state index in [0.717, 1.165) is 57.8 Å². The average molecular weight is 900 g/mol. The summed E-state index contributed by atoms with van der Waals surface area (Å²) in [6, 6.07) is -2.77. The Hall–Kier alpha value is -2.67. The molecule has 0 aromatic rings. The minimum atomic E-state index is -3.59. The Morgan fingerprint density at radius 3 is 2.11 bits per heavy atom. The maximum absolute atomic E-state index is 15.1. The van der Waals surface area contributed by atoms with Crippen LogP contribution < -0.4 is 21.3 Å². The molecule has 3 aliphatic rings. The molecule has 0 heterocycles. The number of halogens is 1. The van der Waals surface area contributed by atoms with Gasteiger partial charge in [-0.1, -0.05) is 71.8 Å². The third-order valence-electron chi connectivity index (χ3n) is 12.1. The molecule has 3 aliphatic carbocycles. The zero-order chi connectivity index (χ0) is 41.1. The van der Waals surface area contributed by atoms with E-state index in [1.54, 1.807) is 20.8 Å². The summed E-state index contributed by atoms with van der Waals surface area (Å²) in [6.45, 7) is 14.9. The number of amides is 5. The van der Waals surface area contributed by atoms with Gasteiger partial charge in [0, 0.05) is 19.5 Å². The smallest absolute Gasteiger partial charge is 0.315 e. The number of nitrogens with one attached hydrogen (secondary N) is 4. The van der Waals surface area contributed by atoms with Crippen LogP contribution in [0.25, 0.3) is 0 Å². The van der Waals surface area contributed by atoms with Crippen LogP contribution in [0.4, 0.5) is 4.79 Å². The summed E-state index contributed by atoms with van der Waals surface area (Å²) in [5, 5.41) is 11.3. The second-order valence-electron chi connectivity index (χ2n) is 17.5. The molecule has 6 atom stereocenters. The van der Waals surface area contributed by atoms with E-state index in [-0.39, 0.29) is 49.4 Å². The van der Waals surface area contributed by atoms with Gasteiger partial charge in [0.25, 0.3) is 11.8 Å². The molecule has 4 N–H and O–H groups in total. The quantitative estimate of drug-likeness (QED) is 0.0355. The monoisotopic (exact) mass is 899 g/mol. The van der Waals surface area contributed by atoms with Crippen molar-refractivity contribution in [3.8, 4) is 12.3 Å². The van der Waals surface area contributed by atoms with Crippen LogP contribution in [-0.2, 0) is 29.0 Å². The van der Waals surface area contributed by atoms with Crippen LogP contribution in [0.1, 0.15) is 125 Å². The molecule has 0 aromatic carbocycles. The fourth-order valence-corrected chi connectivity index (χ4v) is 10.5. The van der Waals surface area contributed by atoms with Crippen LogP contribution in [0, 0.1) is 41.9 Å². The highest BCUT2D eigenvalue weighted by Gasteiger charge is 2.47. The first-order valence-corrected chi connectivity index (χ1v) is 23.1. The summed E-state index contributed by atoms with van der Waals surface area (Å²) in [5.41, 5.74) is -0.971. The van der Waals surface area contributed by atoms with Gasteiger partial charge in [-0.25, -0.2) is 13.2 Å². The van der Waals surface area contributed by atoms with Gasteiger partial charge >= 0.3 is 6.03 Å². The Labute approximate surface area is 343 Å². The zero-order valence-corrected chi connectivity index (χ0v) is 36.9. The van der Waals surface area contributed by atoms with Gasteiger partial charge in [-0.3, -0.25) is 19.2 Å².